The first-order valence-electron chi connectivity index (χ1n) is 11.8. The number of sulfonamides is 1. The van der Waals surface area contributed by atoms with Crippen LogP contribution < -0.4 is 19.1 Å². The summed E-state index contributed by atoms with van der Waals surface area (Å²) in [6.07, 6.45) is 1.01. The van der Waals surface area contributed by atoms with Crippen molar-refractivity contribution in [2.75, 3.05) is 36.9 Å². The quantitative estimate of drug-likeness (QED) is 0.466. The number of hydrogen-bond acceptors (Lipinski definition) is 6. The third-order valence-electron chi connectivity index (χ3n) is 5.73. The summed E-state index contributed by atoms with van der Waals surface area (Å²) in [7, 11) is -3.89. The molecule has 1 aliphatic rings. The van der Waals surface area contributed by atoms with E-state index in [-0.39, 0.29) is 24.1 Å². The molecule has 0 spiro atoms. The lowest BCUT2D eigenvalue weighted by Gasteiger charge is -2.32. The molecule has 1 aliphatic heterocycles. The maximum Gasteiger partial charge on any atom is 0.244 e. The van der Waals surface area contributed by atoms with Crippen LogP contribution in [0.1, 0.15) is 26.3 Å². The van der Waals surface area contributed by atoms with Crippen molar-refractivity contribution < 1.29 is 27.5 Å². The van der Waals surface area contributed by atoms with Crippen LogP contribution in [-0.2, 0) is 26.2 Å². The van der Waals surface area contributed by atoms with E-state index in [9.17, 15) is 18.0 Å². The Morgan fingerprint density at radius 1 is 1.03 bits per heavy atom. The van der Waals surface area contributed by atoms with Gasteiger partial charge < -0.3 is 19.7 Å². The predicted octanol–water partition coefficient (Wildman–Crippen LogP) is 3.72. The number of anilines is 1. The van der Waals surface area contributed by atoms with Crippen LogP contribution in [0.15, 0.2) is 36.4 Å². The zero-order chi connectivity index (χ0) is 27.3. The highest BCUT2D eigenvalue weighted by Gasteiger charge is 2.31. The van der Waals surface area contributed by atoms with Gasteiger partial charge in [-0.15, -0.1) is 0 Å². The molecule has 0 bridgehead atoms. The van der Waals surface area contributed by atoms with E-state index in [1.165, 1.54) is 17.0 Å². The van der Waals surface area contributed by atoms with E-state index in [0.29, 0.717) is 46.9 Å². The number of carbonyl (C=O) groups excluding carboxylic acids is 2. The average Bonchev–Trinajstić information content (AvgIpc) is 2.84. The van der Waals surface area contributed by atoms with E-state index in [4.69, 9.17) is 32.7 Å². The molecule has 1 atom stereocenters. The second kappa shape index (κ2) is 12.2. The fourth-order valence-electron chi connectivity index (χ4n) is 3.69. The molecule has 0 fully saturated rings. The first-order chi connectivity index (χ1) is 17.4. The Morgan fingerprint density at radius 2 is 1.65 bits per heavy atom. The Kier molecular flexibility index (Phi) is 9.55. The van der Waals surface area contributed by atoms with Gasteiger partial charge in [0.05, 0.1) is 11.9 Å². The van der Waals surface area contributed by atoms with Crippen LogP contribution in [0, 0.1) is 5.92 Å². The molecule has 9 nitrogen and oxygen atoms in total. The number of hydrogen-bond donors (Lipinski definition) is 1. The molecule has 0 saturated carbocycles. The predicted molar refractivity (Wildman–Crippen MR) is 144 cm³/mol. The lowest BCUT2D eigenvalue weighted by atomic mass is 10.1. The molecule has 0 aliphatic carbocycles. The van der Waals surface area contributed by atoms with E-state index >= 15 is 0 Å². The number of benzene rings is 2. The third-order valence-corrected chi connectivity index (χ3v) is 7.58. The number of ether oxygens (including phenoxy) is 2. The third kappa shape index (κ3) is 7.43. The van der Waals surface area contributed by atoms with Crippen LogP contribution in [0.4, 0.5) is 5.69 Å². The zero-order valence-electron chi connectivity index (χ0n) is 21.2. The molecule has 0 aromatic heterocycles. The maximum atomic E-state index is 13.7. The number of nitrogens with one attached hydrogen (secondary N) is 1. The summed E-state index contributed by atoms with van der Waals surface area (Å²) in [6.45, 7) is 5.97. The summed E-state index contributed by atoms with van der Waals surface area (Å²) < 4.78 is 37.6. The van der Waals surface area contributed by atoms with Gasteiger partial charge in [-0.2, -0.15) is 0 Å². The minimum Gasteiger partial charge on any atom is -0.486 e. The van der Waals surface area contributed by atoms with Gasteiger partial charge in [0.15, 0.2) is 11.5 Å². The Bertz CT molecular complexity index is 1230. The summed E-state index contributed by atoms with van der Waals surface area (Å²) in [5.41, 5.74) is 0.681. The number of halogens is 2. The average molecular weight is 573 g/mol. The van der Waals surface area contributed by atoms with Gasteiger partial charge in [-0.05, 0) is 37.1 Å². The second-order valence-corrected chi connectivity index (χ2v) is 11.9. The molecule has 3 rings (SSSR count). The van der Waals surface area contributed by atoms with Crippen LogP contribution in [0.5, 0.6) is 11.5 Å². The smallest absolute Gasteiger partial charge is 0.244 e. The van der Waals surface area contributed by atoms with Gasteiger partial charge in [-0.25, -0.2) is 8.42 Å². The number of fused-ring (bicyclic) bond motifs is 1. The lowest BCUT2D eigenvalue weighted by molar-refractivity contribution is -0.139. The zero-order valence-corrected chi connectivity index (χ0v) is 23.5. The van der Waals surface area contributed by atoms with Crippen LogP contribution >= 0.6 is 23.2 Å². The van der Waals surface area contributed by atoms with E-state index in [1.54, 1.807) is 31.2 Å². The molecule has 2 aromatic carbocycles. The first-order valence-corrected chi connectivity index (χ1v) is 14.4. The van der Waals surface area contributed by atoms with Crippen molar-refractivity contribution in [2.45, 2.75) is 33.4 Å². The van der Waals surface area contributed by atoms with E-state index in [0.717, 1.165) is 10.6 Å². The Labute approximate surface area is 227 Å². The van der Waals surface area contributed by atoms with Gasteiger partial charge in [0.2, 0.25) is 21.8 Å². The molecule has 0 radical (unpaired) electrons. The number of nitrogens with zero attached hydrogens (tertiary/aromatic N) is 2. The normalized spacial score (nSPS) is 13.7. The Balaban J connectivity index is 1.94. The highest BCUT2D eigenvalue weighted by molar-refractivity contribution is 7.92. The van der Waals surface area contributed by atoms with Gasteiger partial charge >= 0.3 is 0 Å². The van der Waals surface area contributed by atoms with Gasteiger partial charge in [-0.1, -0.05) is 43.1 Å². The monoisotopic (exact) mass is 571 g/mol. The largest absolute Gasteiger partial charge is 0.486 e. The molecule has 2 amide bonds. The molecule has 1 N–H and O–H groups in total. The minimum atomic E-state index is -3.89. The standard InChI is InChI=1S/C25H31Cl2N3O6S/c1-16(2)13-28-25(32)17(3)29(14-19-20(26)6-5-7-21(19)27)24(31)15-30(37(4,33)34)18-8-9-22-23(12-18)36-11-10-35-22/h5-9,12,16-17H,10-11,13-15H2,1-4H3,(H,28,32)/t17-/m1/s1. The second-order valence-electron chi connectivity index (χ2n) is 9.13. The molecular weight excluding hydrogens is 541 g/mol. The summed E-state index contributed by atoms with van der Waals surface area (Å²) in [5, 5.41) is 3.47. The Morgan fingerprint density at radius 3 is 2.24 bits per heavy atom. The van der Waals surface area contributed by atoms with E-state index < -0.39 is 28.5 Å². The van der Waals surface area contributed by atoms with Crippen molar-refractivity contribution in [1.82, 2.24) is 10.2 Å². The maximum absolute atomic E-state index is 13.7. The lowest BCUT2D eigenvalue weighted by Crippen LogP contribution is -2.51. The van der Waals surface area contributed by atoms with Gasteiger partial charge in [0, 0.05) is 34.8 Å². The first kappa shape index (κ1) is 28.9. The molecule has 12 heteroatoms. The van der Waals surface area contributed by atoms with Crippen molar-refractivity contribution in [3.63, 3.8) is 0 Å². The van der Waals surface area contributed by atoms with Gasteiger partial charge in [-0.3, -0.25) is 13.9 Å². The fourth-order valence-corrected chi connectivity index (χ4v) is 5.05. The molecule has 0 saturated heterocycles. The van der Waals surface area contributed by atoms with E-state index in [1.807, 2.05) is 13.8 Å². The molecule has 2 aromatic rings. The minimum absolute atomic E-state index is 0.0909. The molecule has 37 heavy (non-hydrogen) atoms. The molecule has 202 valence electrons. The summed E-state index contributed by atoms with van der Waals surface area (Å²) in [5.74, 6) is 0.0828. The number of rotatable bonds is 10. The van der Waals surface area contributed by atoms with Crippen molar-refractivity contribution in [3.05, 3.63) is 52.0 Å². The van der Waals surface area contributed by atoms with Crippen molar-refractivity contribution in [1.29, 1.82) is 0 Å². The van der Waals surface area contributed by atoms with Crippen LogP contribution in [-0.4, -0.2) is 63.7 Å². The van der Waals surface area contributed by atoms with Crippen LogP contribution in [0.3, 0.4) is 0 Å². The molecule has 1 heterocycles. The Hall–Kier alpha value is -2.69. The van der Waals surface area contributed by atoms with Crippen molar-refractivity contribution >= 4 is 50.7 Å². The SMILES string of the molecule is CC(C)CNC(=O)[C@@H](C)N(Cc1c(Cl)cccc1Cl)C(=O)CN(c1ccc2c(c1)OCCO2)S(C)(=O)=O. The topological polar surface area (TPSA) is 105 Å². The summed E-state index contributed by atoms with van der Waals surface area (Å²) in [6, 6.07) is 8.65. The fraction of sp³-hybridized carbons (Fsp3) is 0.440. The van der Waals surface area contributed by atoms with Gasteiger partial charge in [0.25, 0.3) is 0 Å². The molecule has 0 unspecified atom stereocenters. The summed E-state index contributed by atoms with van der Waals surface area (Å²) in [4.78, 5) is 27.9. The van der Waals surface area contributed by atoms with E-state index in [2.05, 4.69) is 5.32 Å². The van der Waals surface area contributed by atoms with Crippen molar-refractivity contribution in [2.24, 2.45) is 5.92 Å². The van der Waals surface area contributed by atoms with Crippen molar-refractivity contribution in [3.8, 4) is 11.5 Å². The number of amides is 2. The summed E-state index contributed by atoms with van der Waals surface area (Å²) >= 11 is 12.7. The number of carbonyl (C=O) groups is 2. The van der Waals surface area contributed by atoms with Crippen LogP contribution in [0.2, 0.25) is 10.0 Å². The van der Waals surface area contributed by atoms with Crippen LogP contribution in [0.25, 0.3) is 0 Å². The highest BCUT2D eigenvalue weighted by Crippen LogP contribution is 2.35. The highest BCUT2D eigenvalue weighted by atomic mass is 35.5. The molecular formula is C25H31Cl2N3O6S. The van der Waals surface area contributed by atoms with Gasteiger partial charge in [0.1, 0.15) is 25.8 Å².